The van der Waals surface area contributed by atoms with E-state index in [2.05, 4.69) is 15.5 Å². The lowest BCUT2D eigenvalue weighted by molar-refractivity contribution is -0.145. The number of hydrogen-bond donors (Lipinski definition) is 2. The number of nitrogens with one attached hydrogen (secondary N) is 1. The summed E-state index contributed by atoms with van der Waals surface area (Å²) in [5, 5.41) is 21.7. The predicted octanol–water partition coefficient (Wildman–Crippen LogP) is 2.32. The van der Waals surface area contributed by atoms with Gasteiger partial charge in [-0.15, -0.1) is 10.2 Å². The van der Waals surface area contributed by atoms with Gasteiger partial charge in [0.1, 0.15) is 5.54 Å². The second-order valence-electron chi connectivity index (χ2n) is 4.97. The van der Waals surface area contributed by atoms with Gasteiger partial charge in [-0.1, -0.05) is 36.9 Å². The summed E-state index contributed by atoms with van der Waals surface area (Å²) in [5.74, 6) is 0.0883. The number of rotatable bonds is 10. The van der Waals surface area contributed by atoms with Gasteiger partial charge in [0, 0.05) is 19.8 Å². The molecule has 8 heteroatoms. The lowest BCUT2D eigenvalue weighted by Gasteiger charge is -2.29. The standard InChI is InChI=1S/C13H24N4O2S2/c1-5-13(10(18)19,14-6-2)8-7-9-20-12-16-15-11(21-12)17(3)4/h14H,5-9H2,1-4H3,(H,18,19). The number of aromatic nitrogens is 2. The van der Waals surface area contributed by atoms with Gasteiger partial charge in [-0.3, -0.25) is 4.79 Å². The van der Waals surface area contributed by atoms with Crippen molar-refractivity contribution in [3.63, 3.8) is 0 Å². The van der Waals surface area contributed by atoms with E-state index in [1.54, 1.807) is 23.1 Å². The van der Waals surface area contributed by atoms with E-state index < -0.39 is 11.5 Å². The van der Waals surface area contributed by atoms with Crippen molar-refractivity contribution in [2.75, 3.05) is 31.3 Å². The molecular formula is C13H24N4O2S2. The summed E-state index contributed by atoms with van der Waals surface area (Å²) in [6.45, 7) is 4.51. The fourth-order valence-corrected chi connectivity index (χ4v) is 3.81. The second-order valence-corrected chi connectivity index (χ2v) is 7.27. The van der Waals surface area contributed by atoms with E-state index in [4.69, 9.17) is 0 Å². The molecule has 0 saturated carbocycles. The molecule has 21 heavy (non-hydrogen) atoms. The Kier molecular flexibility index (Phi) is 7.41. The van der Waals surface area contributed by atoms with Crippen LogP contribution in [-0.4, -0.2) is 53.2 Å². The lowest BCUT2D eigenvalue weighted by atomic mass is 9.91. The largest absolute Gasteiger partial charge is 0.480 e. The molecule has 1 aromatic heterocycles. The summed E-state index contributed by atoms with van der Waals surface area (Å²) >= 11 is 3.19. The maximum Gasteiger partial charge on any atom is 0.323 e. The highest BCUT2D eigenvalue weighted by Gasteiger charge is 2.34. The van der Waals surface area contributed by atoms with Gasteiger partial charge < -0.3 is 15.3 Å². The Hall–Kier alpha value is -0.860. The van der Waals surface area contributed by atoms with Crippen LogP contribution in [0, 0.1) is 0 Å². The maximum atomic E-state index is 11.5. The Bertz CT molecular complexity index is 453. The van der Waals surface area contributed by atoms with Crippen LogP contribution in [0.4, 0.5) is 5.13 Å². The Morgan fingerprint density at radius 3 is 2.62 bits per heavy atom. The quantitative estimate of drug-likeness (QED) is 0.503. The zero-order chi connectivity index (χ0) is 15.9. The Labute approximate surface area is 134 Å². The highest BCUT2D eigenvalue weighted by atomic mass is 32.2. The molecule has 120 valence electrons. The molecule has 0 aliphatic carbocycles. The van der Waals surface area contributed by atoms with E-state index in [0.717, 1.165) is 21.6 Å². The zero-order valence-corrected chi connectivity index (χ0v) is 14.7. The van der Waals surface area contributed by atoms with Crippen molar-refractivity contribution in [2.45, 2.75) is 43.0 Å². The summed E-state index contributed by atoms with van der Waals surface area (Å²) in [7, 11) is 3.88. The van der Waals surface area contributed by atoms with Crippen LogP contribution < -0.4 is 10.2 Å². The molecule has 6 nitrogen and oxygen atoms in total. The molecule has 0 spiro atoms. The number of carboxylic acids is 1. The minimum Gasteiger partial charge on any atom is -0.480 e. The van der Waals surface area contributed by atoms with Crippen LogP contribution in [-0.2, 0) is 4.79 Å². The molecule has 0 radical (unpaired) electrons. The van der Waals surface area contributed by atoms with Gasteiger partial charge in [-0.2, -0.15) is 0 Å². The summed E-state index contributed by atoms with van der Waals surface area (Å²) < 4.78 is 0.930. The Morgan fingerprint density at radius 1 is 1.43 bits per heavy atom. The first kappa shape index (κ1) is 18.2. The highest BCUT2D eigenvalue weighted by molar-refractivity contribution is 8.01. The molecule has 0 fully saturated rings. The number of carboxylic acid groups (broad SMARTS) is 1. The molecule has 2 N–H and O–H groups in total. The van der Waals surface area contributed by atoms with E-state index in [9.17, 15) is 9.90 Å². The molecule has 0 bridgehead atoms. The fourth-order valence-electron chi connectivity index (χ4n) is 2.04. The van der Waals surface area contributed by atoms with Crippen molar-refractivity contribution in [3.8, 4) is 0 Å². The van der Waals surface area contributed by atoms with Crippen molar-refractivity contribution in [1.82, 2.24) is 15.5 Å². The molecule has 1 heterocycles. The SMILES string of the molecule is CCNC(CC)(CCCSc1nnc(N(C)C)s1)C(=O)O. The fraction of sp³-hybridized carbons (Fsp3) is 0.769. The Balaban J connectivity index is 2.45. The average molecular weight is 332 g/mol. The number of carbonyl (C=O) groups is 1. The monoisotopic (exact) mass is 332 g/mol. The van der Waals surface area contributed by atoms with Gasteiger partial charge in [0.2, 0.25) is 5.13 Å². The first-order valence-electron chi connectivity index (χ1n) is 7.07. The molecule has 1 aromatic rings. The van der Waals surface area contributed by atoms with Gasteiger partial charge in [0.25, 0.3) is 0 Å². The number of anilines is 1. The summed E-state index contributed by atoms with van der Waals surface area (Å²) in [5.41, 5.74) is -0.800. The van der Waals surface area contributed by atoms with Gasteiger partial charge in [0.15, 0.2) is 4.34 Å². The Morgan fingerprint density at radius 2 is 2.14 bits per heavy atom. The van der Waals surface area contributed by atoms with Gasteiger partial charge in [-0.05, 0) is 25.8 Å². The summed E-state index contributed by atoms with van der Waals surface area (Å²) in [4.78, 5) is 13.4. The van der Waals surface area contributed by atoms with Gasteiger partial charge in [0.05, 0.1) is 0 Å². The third-order valence-electron chi connectivity index (χ3n) is 3.28. The van der Waals surface area contributed by atoms with Crippen molar-refractivity contribution in [2.24, 2.45) is 0 Å². The molecule has 1 unspecified atom stereocenters. The first-order valence-corrected chi connectivity index (χ1v) is 8.87. The van der Waals surface area contributed by atoms with Crippen LogP contribution in [0.1, 0.15) is 33.1 Å². The lowest BCUT2D eigenvalue weighted by Crippen LogP contribution is -2.51. The molecule has 0 amide bonds. The highest BCUT2D eigenvalue weighted by Crippen LogP contribution is 2.28. The van der Waals surface area contributed by atoms with Crippen LogP contribution >= 0.6 is 23.1 Å². The minimum absolute atomic E-state index is 0.588. The number of thioether (sulfide) groups is 1. The van der Waals surface area contributed by atoms with E-state index in [1.807, 2.05) is 32.8 Å². The number of aliphatic carboxylic acids is 1. The topological polar surface area (TPSA) is 78.4 Å². The molecular weight excluding hydrogens is 308 g/mol. The van der Waals surface area contributed by atoms with Crippen LogP contribution in [0.3, 0.4) is 0 Å². The van der Waals surface area contributed by atoms with Crippen LogP contribution in [0.5, 0.6) is 0 Å². The smallest absolute Gasteiger partial charge is 0.323 e. The van der Waals surface area contributed by atoms with Crippen LogP contribution in [0.15, 0.2) is 4.34 Å². The summed E-state index contributed by atoms with van der Waals surface area (Å²) in [6.07, 6.45) is 2.04. The van der Waals surface area contributed by atoms with E-state index in [0.29, 0.717) is 19.4 Å². The molecule has 0 aliphatic rings. The van der Waals surface area contributed by atoms with Crippen LogP contribution in [0.25, 0.3) is 0 Å². The number of nitrogens with zero attached hydrogens (tertiary/aromatic N) is 3. The van der Waals surface area contributed by atoms with Crippen molar-refractivity contribution in [1.29, 1.82) is 0 Å². The van der Waals surface area contributed by atoms with Gasteiger partial charge >= 0.3 is 5.97 Å². The molecule has 0 aliphatic heterocycles. The van der Waals surface area contributed by atoms with Gasteiger partial charge in [-0.25, -0.2) is 0 Å². The van der Waals surface area contributed by atoms with Crippen molar-refractivity contribution < 1.29 is 9.90 Å². The molecule has 0 saturated heterocycles. The van der Waals surface area contributed by atoms with E-state index >= 15 is 0 Å². The second kappa shape index (κ2) is 8.55. The molecule has 0 aromatic carbocycles. The number of likely N-dealkylation sites (N-methyl/N-ethyl adjacent to an activating group) is 1. The van der Waals surface area contributed by atoms with E-state index in [-0.39, 0.29) is 0 Å². The maximum absolute atomic E-state index is 11.5. The summed E-state index contributed by atoms with van der Waals surface area (Å²) in [6, 6.07) is 0. The normalized spacial score (nSPS) is 13.9. The molecule has 1 atom stereocenters. The van der Waals surface area contributed by atoms with E-state index in [1.165, 1.54) is 0 Å². The van der Waals surface area contributed by atoms with Crippen LogP contribution in [0.2, 0.25) is 0 Å². The third-order valence-corrected chi connectivity index (χ3v) is 5.59. The predicted molar refractivity (Wildman–Crippen MR) is 88.5 cm³/mol. The van der Waals surface area contributed by atoms with Crippen molar-refractivity contribution in [3.05, 3.63) is 0 Å². The minimum atomic E-state index is -0.800. The number of hydrogen-bond acceptors (Lipinski definition) is 7. The first-order chi connectivity index (χ1) is 9.95. The third kappa shape index (κ3) is 5.12. The van der Waals surface area contributed by atoms with Crippen molar-refractivity contribution >= 4 is 34.2 Å². The average Bonchev–Trinajstić information content (AvgIpc) is 2.91. The molecule has 1 rings (SSSR count). The zero-order valence-electron chi connectivity index (χ0n) is 13.0.